The van der Waals surface area contributed by atoms with Gasteiger partial charge in [-0.25, -0.2) is 4.98 Å². The van der Waals surface area contributed by atoms with Crippen LogP contribution in [0.4, 0.5) is 24.5 Å². The van der Waals surface area contributed by atoms with E-state index in [9.17, 15) is 23.1 Å². The molecular weight excluding hydrogens is 493 g/mol. The van der Waals surface area contributed by atoms with Gasteiger partial charge in [-0.1, -0.05) is 18.2 Å². The fraction of sp³-hybridized carbons (Fsp3) is 0.241. The fourth-order valence-electron chi connectivity index (χ4n) is 4.55. The van der Waals surface area contributed by atoms with Crippen LogP contribution in [-0.2, 0) is 12.8 Å². The van der Waals surface area contributed by atoms with Gasteiger partial charge < -0.3 is 20.7 Å². The zero-order valence-electron chi connectivity index (χ0n) is 21.0. The van der Waals surface area contributed by atoms with Gasteiger partial charge in [0, 0.05) is 22.6 Å². The van der Waals surface area contributed by atoms with E-state index < -0.39 is 23.2 Å². The Labute approximate surface area is 217 Å². The Morgan fingerprint density at radius 3 is 2.39 bits per heavy atom. The van der Waals surface area contributed by atoms with E-state index in [1.54, 1.807) is 12.1 Å². The zero-order chi connectivity index (χ0) is 27.0. The van der Waals surface area contributed by atoms with Crippen molar-refractivity contribution in [3.63, 3.8) is 0 Å². The first-order valence-corrected chi connectivity index (χ1v) is 12.3. The second-order valence-corrected chi connectivity index (χ2v) is 9.52. The highest BCUT2D eigenvalue weighted by atomic mass is 19.4. The number of hydrogen-bond acceptors (Lipinski definition) is 4. The van der Waals surface area contributed by atoms with Crippen molar-refractivity contribution in [1.82, 2.24) is 9.97 Å². The van der Waals surface area contributed by atoms with Gasteiger partial charge in [0.05, 0.1) is 22.2 Å². The Morgan fingerprint density at radius 2 is 1.74 bits per heavy atom. The average Bonchev–Trinajstić information content (AvgIpc) is 3.27. The number of benzene rings is 3. The number of anilines is 2. The first kappa shape index (κ1) is 25.5. The Hall–Kier alpha value is -4.11. The molecule has 196 valence electrons. The van der Waals surface area contributed by atoms with Crippen LogP contribution in [0.1, 0.15) is 57.7 Å². The molecule has 1 saturated carbocycles. The first-order chi connectivity index (χ1) is 18.1. The summed E-state index contributed by atoms with van der Waals surface area (Å²) in [6.45, 7) is 3.76. The number of nitrogens with one attached hydrogen (secondary N) is 3. The molecule has 38 heavy (non-hydrogen) atoms. The summed E-state index contributed by atoms with van der Waals surface area (Å²) < 4.78 is 40.6. The molecule has 5 rings (SSSR count). The molecule has 1 aliphatic rings. The monoisotopic (exact) mass is 520 g/mol. The summed E-state index contributed by atoms with van der Waals surface area (Å²) >= 11 is 0. The number of nitrogens with zero attached hydrogens (tertiary/aromatic N) is 1. The molecule has 0 saturated heterocycles. The fourth-order valence-corrected chi connectivity index (χ4v) is 4.55. The van der Waals surface area contributed by atoms with Gasteiger partial charge in [-0.15, -0.1) is 0 Å². The number of aryl methyl sites for hydroxylation is 2. The molecule has 1 aliphatic carbocycles. The lowest BCUT2D eigenvalue weighted by molar-refractivity contribution is -0.137. The predicted octanol–water partition coefficient (Wildman–Crippen LogP) is 6.95. The summed E-state index contributed by atoms with van der Waals surface area (Å²) in [5, 5.41) is 15.9. The number of carbonyl (C=O) groups is 1. The molecule has 0 atom stereocenters. The van der Waals surface area contributed by atoms with Gasteiger partial charge in [0.2, 0.25) is 0 Å². The van der Waals surface area contributed by atoms with Crippen molar-refractivity contribution in [2.45, 2.75) is 45.9 Å². The van der Waals surface area contributed by atoms with Crippen molar-refractivity contribution in [3.05, 3.63) is 93.8 Å². The van der Waals surface area contributed by atoms with Crippen LogP contribution in [-0.4, -0.2) is 21.0 Å². The maximum absolute atomic E-state index is 13.5. The maximum atomic E-state index is 13.5. The Balaban J connectivity index is 1.59. The number of aliphatic hydroxyl groups excluding tert-OH is 1. The van der Waals surface area contributed by atoms with Gasteiger partial charge in [0.25, 0.3) is 5.91 Å². The molecule has 1 amide bonds. The lowest BCUT2D eigenvalue weighted by Gasteiger charge is -2.24. The van der Waals surface area contributed by atoms with E-state index in [1.807, 2.05) is 26.0 Å². The number of aliphatic hydroxyl groups is 1. The van der Waals surface area contributed by atoms with Crippen molar-refractivity contribution in [1.29, 1.82) is 0 Å². The highest BCUT2D eigenvalue weighted by Gasteiger charge is 2.35. The SMILES string of the molecule is Cc1ccc(NC(=C2CCC2)c2cc(NC(=O)c3ccccc3C(F)(F)F)cc3[nH]c(CO)nc23)cc1C. The van der Waals surface area contributed by atoms with E-state index in [1.165, 1.54) is 23.3 Å². The van der Waals surface area contributed by atoms with Crippen LogP contribution in [0.5, 0.6) is 0 Å². The minimum Gasteiger partial charge on any atom is -0.388 e. The average molecular weight is 521 g/mol. The van der Waals surface area contributed by atoms with Gasteiger partial charge in [0.15, 0.2) is 0 Å². The molecule has 1 heterocycles. The molecule has 0 radical (unpaired) electrons. The molecule has 9 heteroatoms. The van der Waals surface area contributed by atoms with Crippen molar-refractivity contribution < 1.29 is 23.1 Å². The number of rotatable bonds is 6. The summed E-state index contributed by atoms with van der Waals surface area (Å²) in [6.07, 6.45) is -1.84. The standard InChI is InChI=1S/C29H27F3N4O2/c1-16-10-11-19(12-17(16)2)33-26(18-6-5-7-18)22-13-20(14-24-27(22)36-25(15-37)35-24)34-28(38)21-8-3-4-9-23(21)29(30,31)32/h3-4,8-14,33,37H,5-7,15H2,1-2H3,(H,34,38)(H,35,36). The van der Waals surface area contributed by atoms with Gasteiger partial charge in [-0.05, 0) is 86.2 Å². The Kier molecular flexibility index (Phi) is 6.71. The first-order valence-electron chi connectivity index (χ1n) is 12.3. The number of halogens is 3. The quantitative estimate of drug-likeness (QED) is 0.221. The van der Waals surface area contributed by atoms with E-state index in [0.717, 1.165) is 48.3 Å². The number of allylic oxidation sites excluding steroid dienone is 1. The van der Waals surface area contributed by atoms with E-state index >= 15 is 0 Å². The van der Waals surface area contributed by atoms with Crippen LogP contribution in [0.15, 0.2) is 60.2 Å². The molecule has 4 N–H and O–H groups in total. The Morgan fingerprint density at radius 1 is 0.974 bits per heavy atom. The minimum absolute atomic E-state index is 0.307. The summed E-state index contributed by atoms with van der Waals surface area (Å²) in [4.78, 5) is 20.6. The van der Waals surface area contributed by atoms with Crippen molar-refractivity contribution in [2.75, 3.05) is 10.6 Å². The van der Waals surface area contributed by atoms with E-state index in [2.05, 4.69) is 26.7 Å². The lowest BCUT2D eigenvalue weighted by atomic mass is 9.87. The van der Waals surface area contributed by atoms with Crippen LogP contribution in [0.25, 0.3) is 16.7 Å². The third kappa shape index (κ3) is 5.02. The predicted molar refractivity (Wildman–Crippen MR) is 142 cm³/mol. The third-order valence-electron chi connectivity index (χ3n) is 6.88. The number of H-pyrrole nitrogens is 1. The number of hydrogen-bond donors (Lipinski definition) is 4. The van der Waals surface area contributed by atoms with Crippen LogP contribution in [0.2, 0.25) is 0 Å². The third-order valence-corrected chi connectivity index (χ3v) is 6.88. The van der Waals surface area contributed by atoms with Crippen LogP contribution < -0.4 is 10.6 Å². The van der Waals surface area contributed by atoms with Crippen molar-refractivity contribution in [3.8, 4) is 0 Å². The number of carbonyl (C=O) groups excluding carboxylic acids is 1. The highest BCUT2D eigenvalue weighted by Crippen LogP contribution is 2.38. The van der Waals surface area contributed by atoms with Crippen molar-refractivity contribution >= 4 is 34.0 Å². The van der Waals surface area contributed by atoms with Crippen LogP contribution in [0, 0.1) is 13.8 Å². The normalized spacial score (nSPS) is 13.4. The molecule has 0 unspecified atom stereocenters. The second-order valence-electron chi connectivity index (χ2n) is 9.52. The van der Waals surface area contributed by atoms with Gasteiger partial charge in [0.1, 0.15) is 12.4 Å². The molecule has 0 aliphatic heterocycles. The molecule has 4 aromatic rings. The molecule has 6 nitrogen and oxygen atoms in total. The minimum atomic E-state index is -4.67. The topological polar surface area (TPSA) is 90.0 Å². The maximum Gasteiger partial charge on any atom is 0.417 e. The zero-order valence-corrected chi connectivity index (χ0v) is 21.0. The molecule has 0 bridgehead atoms. The second kappa shape index (κ2) is 9.98. The summed E-state index contributed by atoms with van der Waals surface area (Å²) in [5.41, 5.74) is 5.87. The van der Waals surface area contributed by atoms with Gasteiger partial charge >= 0.3 is 6.18 Å². The van der Waals surface area contributed by atoms with E-state index in [0.29, 0.717) is 28.1 Å². The number of amides is 1. The number of aromatic nitrogens is 2. The number of aromatic amines is 1. The molecule has 0 spiro atoms. The van der Waals surface area contributed by atoms with Gasteiger partial charge in [-0.2, -0.15) is 13.2 Å². The number of fused-ring (bicyclic) bond motifs is 1. The summed E-state index contributed by atoms with van der Waals surface area (Å²) in [7, 11) is 0. The largest absolute Gasteiger partial charge is 0.417 e. The highest BCUT2D eigenvalue weighted by molar-refractivity contribution is 6.07. The number of alkyl halides is 3. The van der Waals surface area contributed by atoms with Crippen LogP contribution in [0.3, 0.4) is 0 Å². The van der Waals surface area contributed by atoms with E-state index in [-0.39, 0.29) is 6.61 Å². The molecular formula is C29H27F3N4O2. The molecule has 3 aromatic carbocycles. The lowest BCUT2D eigenvalue weighted by Crippen LogP contribution is -2.19. The summed E-state index contributed by atoms with van der Waals surface area (Å²) in [6, 6.07) is 14.1. The smallest absolute Gasteiger partial charge is 0.388 e. The number of imidazole rings is 1. The van der Waals surface area contributed by atoms with Crippen LogP contribution >= 0.6 is 0 Å². The Bertz CT molecular complexity index is 1560. The summed E-state index contributed by atoms with van der Waals surface area (Å²) in [5.74, 6) is -0.527. The molecule has 1 aromatic heterocycles. The molecule has 1 fully saturated rings. The van der Waals surface area contributed by atoms with Crippen molar-refractivity contribution in [2.24, 2.45) is 0 Å². The van der Waals surface area contributed by atoms with Gasteiger partial charge in [-0.3, -0.25) is 4.79 Å². The van der Waals surface area contributed by atoms with E-state index in [4.69, 9.17) is 0 Å².